The fourth-order valence-electron chi connectivity index (χ4n) is 5.68. The van der Waals surface area contributed by atoms with Gasteiger partial charge in [0.15, 0.2) is 23.2 Å². The smallest absolute Gasteiger partial charge is 0.388 e. The SMILES string of the molecule is Cc1cc2n(C[C@H](O)[C@H](O)[C@H](O)COP(=O)(O)OP(=O)(O)OC[C@H]3O[C@@H](n4cnc5c(N)ncnc54)[C@H](O)[C@@H]3O)c3[nH]c(=O)[nH]c(=O)c3nc-2c(=O)c1C. The molecule has 2 aliphatic heterocycles. The van der Waals surface area contributed by atoms with E-state index in [9.17, 15) is 58.8 Å². The summed E-state index contributed by atoms with van der Waals surface area (Å²) >= 11 is 0. The van der Waals surface area contributed by atoms with Crippen LogP contribution < -0.4 is 22.4 Å². The highest BCUT2D eigenvalue weighted by Gasteiger charge is 2.46. The summed E-state index contributed by atoms with van der Waals surface area (Å²) in [5.74, 6) is 0.0211. The topological polar surface area (TPSA) is 383 Å². The second-order valence-electron chi connectivity index (χ2n) is 12.2. The molecule has 54 heavy (non-hydrogen) atoms. The summed E-state index contributed by atoms with van der Waals surface area (Å²) in [4.78, 5) is 78.0. The lowest BCUT2D eigenvalue weighted by Gasteiger charge is -2.26. The second kappa shape index (κ2) is 14.7. The van der Waals surface area contributed by atoms with E-state index in [1.165, 1.54) is 23.9 Å². The van der Waals surface area contributed by atoms with Crippen LogP contribution in [0.4, 0.5) is 5.82 Å². The second-order valence-corrected chi connectivity index (χ2v) is 15.3. The van der Waals surface area contributed by atoms with Crippen molar-refractivity contribution in [3.05, 3.63) is 60.9 Å². The third-order valence-corrected chi connectivity index (χ3v) is 11.2. The number of H-pyrrole nitrogens is 2. The summed E-state index contributed by atoms with van der Waals surface area (Å²) in [5, 5.41) is 53.1. The van der Waals surface area contributed by atoms with Gasteiger partial charge in [-0.05, 0) is 25.5 Å². The van der Waals surface area contributed by atoms with E-state index in [0.29, 0.717) is 11.1 Å². The molecule has 0 amide bonds. The molecule has 0 radical (unpaired) electrons. The van der Waals surface area contributed by atoms with E-state index in [1.807, 2.05) is 4.98 Å². The number of ether oxygens (including phenoxy) is 1. The van der Waals surface area contributed by atoms with Gasteiger partial charge in [0.05, 0.1) is 31.8 Å². The molecule has 6 rings (SSSR count). The number of phosphoric acid groups is 2. The number of nitrogens with one attached hydrogen (secondary N) is 2. The zero-order valence-corrected chi connectivity index (χ0v) is 29.6. The Hall–Kier alpha value is -4.33. The number of aliphatic hydroxyl groups excluding tert-OH is 5. The molecular formula is C27H33N9O16P2. The number of rotatable bonds is 13. The maximum absolute atomic E-state index is 13.0. The number of aromatic amines is 2. The van der Waals surface area contributed by atoms with Crippen LogP contribution in [0, 0.1) is 13.8 Å². The van der Waals surface area contributed by atoms with Crippen molar-refractivity contribution in [3.8, 4) is 11.4 Å². The van der Waals surface area contributed by atoms with E-state index < -0.39 is 94.9 Å². The standard InChI is InChI=1S/C27H33N9O16P2/c1-9-3-11-15(18(39)10(9)2)32-17-24(33-27(44)34-25(17)43)35(11)4-12(37)19(40)13(38)5-49-53(45,46)52-54(47,48)50-6-14-20(41)21(42)26(51-14)36-8-31-16-22(28)29-7-30-23(16)36/h3,7-8,12-14,19-21,26,37-38,40-42H,4-6H2,1-2H3,(H,45,46)(H,47,48)(H2,28,29,30)(H2,33,34,43,44)/t12-,13+,14+,19-,20+,21+,26+/m0/s1. The lowest BCUT2D eigenvalue weighted by Crippen LogP contribution is -2.42. The Morgan fingerprint density at radius 3 is 2.41 bits per heavy atom. The molecule has 11 N–H and O–H groups in total. The molecule has 292 valence electrons. The predicted molar refractivity (Wildman–Crippen MR) is 180 cm³/mol. The van der Waals surface area contributed by atoms with Crippen molar-refractivity contribution < 1.29 is 62.5 Å². The molecule has 1 fully saturated rings. The van der Waals surface area contributed by atoms with Crippen molar-refractivity contribution in [2.24, 2.45) is 0 Å². The first-order chi connectivity index (χ1) is 25.3. The van der Waals surface area contributed by atoms with Gasteiger partial charge in [-0.25, -0.2) is 33.9 Å². The summed E-state index contributed by atoms with van der Waals surface area (Å²) in [6, 6.07) is 1.48. The zero-order valence-electron chi connectivity index (χ0n) is 27.9. The number of aromatic nitrogens is 8. The van der Waals surface area contributed by atoms with Crippen LogP contribution in [0.5, 0.6) is 0 Å². The van der Waals surface area contributed by atoms with Crippen molar-refractivity contribution in [2.75, 3.05) is 18.9 Å². The van der Waals surface area contributed by atoms with Crippen LogP contribution in [0.15, 0.2) is 33.1 Å². The highest BCUT2D eigenvalue weighted by molar-refractivity contribution is 7.61. The molecule has 1 saturated heterocycles. The maximum Gasteiger partial charge on any atom is 0.481 e. The van der Waals surface area contributed by atoms with E-state index in [1.54, 1.807) is 6.92 Å². The molecule has 0 aromatic carbocycles. The molecule has 0 spiro atoms. The number of anilines is 1. The van der Waals surface area contributed by atoms with Gasteiger partial charge in [-0.2, -0.15) is 4.31 Å². The average molecular weight is 802 g/mol. The summed E-state index contributed by atoms with van der Waals surface area (Å²) in [7, 11) is -11.1. The highest BCUT2D eigenvalue weighted by Crippen LogP contribution is 2.60. The Kier molecular flexibility index (Phi) is 10.7. The lowest BCUT2D eigenvalue weighted by atomic mass is 10.0. The van der Waals surface area contributed by atoms with E-state index in [4.69, 9.17) is 10.5 Å². The number of aliphatic hydroxyl groups is 5. The van der Waals surface area contributed by atoms with E-state index in [0.717, 1.165) is 10.9 Å². The Labute approximate surface area is 299 Å². The molecule has 5 heterocycles. The average Bonchev–Trinajstić information content (AvgIpc) is 3.65. The maximum atomic E-state index is 13.0. The number of phosphoric ester groups is 2. The van der Waals surface area contributed by atoms with Crippen molar-refractivity contribution in [2.45, 2.75) is 63.2 Å². The van der Waals surface area contributed by atoms with Crippen LogP contribution >= 0.6 is 15.6 Å². The minimum absolute atomic E-state index is 0.0211. The Morgan fingerprint density at radius 2 is 1.69 bits per heavy atom. The number of hydrogen-bond donors (Lipinski definition) is 10. The van der Waals surface area contributed by atoms with Gasteiger partial charge in [-0.1, -0.05) is 0 Å². The molecule has 1 aliphatic carbocycles. The van der Waals surface area contributed by atoms with Crippen LogP contribution in [0.1, 0.15) is 17.4 Å². The third-order valence-electron chi connectivity index (χ3n) is 8.60. The Bertz CT molecular complexity index is 2470. The summed E-state index contributed by atoms with van der Waals surface area (Å²) in [5.41, 5.74) is 3.55. The van der Waals surface area contributed by atoms with Gasteiger partial charge in [-0.15, -0.1) is 0 Å². The molecule has 27 heteroatoms. The Balaban J connectivity index is 1.08. The first-order valence-corrected chi connectivity index (χ1v) is 18.6. The van der Waals surface area contributed by atoms with Crippen LogP contribution in [0.3, 0.4) is 0 Å². The predicted octanol–water partition coefficient (Wildman–Crippen LogP) is -3.13. The summed E-state index contributed by atoms with van der Waals surface area (Å²) in [6.07, 6.45) is -10.2. The molecule has 2 unspecified atom stereocenters. The van der Waals surface area contributed by atoms with Gasteiger partial charge in [0, 0.05) is 5.56 Å². The minimum Gasteiger partial charge on any atom is -0.388 e. The van der Waals surface area contributed by atoms with Gasteiger partial charge >= 0.3 is 21.3 Å². The number of aryl methyl sites for hydroxylation is 1. The number of nitrogens with zero attached hydrogens (tertiary/aromatic N) is 6. The van der Waals surface area contributed by atoms with Gasteiger partial charge < -0.3 is 50.4 Å². The van der Waals surface area contributed by atoms with Crippen LogP contribution in [0.2, 0.25) is 0 Å². The van der Waals surface area contributed by atoms with Gasteiger partial charge in [0.25, 0.3) is 5.56 Å². The van der Waals surface area contributed by atoms with Crippen molar-refractivity contribution in [1.82, 2.24) is 39.0 Å². The molecule has 3 aliphatic rings. The Morgan fingerprint density at radius 1 is 0.981 bits per heavy atom. The normalized spacial score (nSPS) is 23.1. The minimum atomic E-state index is -5.58. The first-order valence-electron chi connectivity index (χ1n) is 15.6. The number of nitrogen functional groups attached to an aromatic ring is 1. The van der Waals surface area contributed by atoms with Gasteiger partial charge in [0.2, 0.25) is 5.43 Å². The number of imidazole rings is 1. The highest BCUT2D eigenvalue weighted by atomic mass is 31.3. The molecule has 3 aromatic heterocycles. The fourth-order valence-corrected chi connectivity index (χ4v) is 7.77. The van der Waals surface area contributed by atoms with Crippen LogP contribution in [0.25, 0.3) is 33.7 Å². The number of benzene rings is 1. The summed E-state index contributed by atoms with van der Waals surface area (Å²) < 4.78 is 46.4. The molecule has 0 saturated carbocycles. The lowest BCUT2D eigenvalue weighted by molar-refractivity contribution is -0.0794. The largest absolute Gasteiger partial charge is 0.481 e. The number of hydrogen-bond acceptors (Lipinski definition) is 19. The van der Waals surface area contributed by atoms with Crippen molar-refractivity contribution >= 4 is 43.8 Å². The fraction of sp³-hybridized carbons (Fsp3) is 0.444. The van der Waals surface area contributed by atoms with E-state index >= 15 is 0 Å². The van der Waals surface area contributed by atoms with E-state index in [2.05, 4.69) is 38.3 Å². The van der Waals surface area contributed by atoms with Crippen LogP contribution in [-0.2, 0) is 33.8 Å². The zero-order chi connectivity index (χ0) is 39.4. The van der Waals surface area contributed by atoms with Crippen molar-refractivity contribution in [3.63, 3.8) is 0 Å². The molecular weight excluding hydrogens is 768 g/mol. The summed E-state index contributed by atoms with van der Waals surface area (Å²) in [6.45, 7) is 0.190. The molecule has 25 nitrogen and oxygen atoms in total. The van der Waals surface area contributed by atoms with Gasteiger partial charge in [-0.3, -0.25) is 33.2 Å². The third kappa shape index (κ3) is 7.63. The molecule has 0 bridgehead atoms. The van der Waals surface area contributed by atoms with Gasteiger partial charge in [0.1, 0.15) is 59.8 Å². The quantitative estimate of drug-likeness (QED) is 0.0415. The van der Waals surface area contributed by atoms with Crippen LogP contribution in [-0.4, -0.2) is 124 Å². The monoisotopic (exact) mass is 801 g/mol. The van der Waals surface area contributed by atoms with E-state index in [-0.39, 0.29) is 39.5 Å². The first kappa shape index (κ1) is 39.4. The molecule has 9 atom stereocenters. The molecule has 3 aromatic rings. The van der Waals surface area contributed by atoms with Crippen molar-refractivity contribution in [1.29, 1.82) is 0 Å². The number of fused-ring (bicyclic) bond motifs is 3. The number of nitrogens with two attached hydrogens (primary N) is 1.